The second-order valence-electron chi connectivity index (χ2n) is 12.0. The molecule has 0 bridgehead atoms. The van der Waals surface area contributed by atoms with Crippen molar-refractivity contribution in [3.8, 4) is 0 Å². The van der Waals surface area contributed by atoms with Crippen LogP contribution in [-0.4, -0.2) is 41.8 Å². The van der Waals surface area contributed by atoms with Gasteiger partial charge in [0.2, 0.25) is 0 Å². The molecule has 35 heavy (non-hydrogen) atoms. The van der Waals surface area contributed by atoms with Gasteiger partial charge in [-0.25, -0.2) is 4.79 Å². The maximum absolute atomic E-state index is 13.3. The third kappa shape index (κ3) is 5.24. The molecule has 1 aliphatic heterocycles. The van der Waals surface area contributed by atoms with Crippen LogP contribution in [0.25, 0.3) is 0 Å². The second kappa shape index (κ2) is 9.78. The number of aliphatic hydroxyl groups excluding tert-OH is 1. The van der Waals surface area contributed by atoms with Crippen molar-refractivity contribution < 1.29 is 19.4 Å². The number of aliphatic hydroxyl groups is 1. The number of nitrogens with zero attached hydrogens (tertiary/aromatic N) is 1. The van der Waals surface area contributed by atoms with Gasteiger partial charge in [0, 0.05) is 23.9 Å². The summed E-state index contributed by atoms with van der Waals surface area (Å²) in [4.78, 5) is 26.9. The lowest BCUT2D eigenvalue weighted by Crippen LogP contribution is -2.60. The van der Waals surface area contributed by atoms with Crippen LogP contribution in [0.15, 0.2) is 30.0 Å². The summed E-state index contributed by atoms with van der Waals surface area (Å²) in [6.45, 7) is 8.92. The number of methoxy groups -OCH3 is 1. The van der Waals surface area contributed by atoms with Gasteiger partial charge in [-0.2, -0.15) is 0 Å². The van der Waals surface area contributed by atoms with E-state index in [2.05, 4.69) is 45.1 Å². The first-order chi connectivity index (χ1) is 16.4. The van der Waals surface area contributed by atoms with Crippen LogP contribution in [0.4, 0.5) is 4.79 Å². The van der Waals surface area contributed by atoms with Gasteiger partial charge in [-0.05, 0) is 85.5 Å². The molecule has 1 aromatic rings. The van der Waals surface area contributed by atoms with Gasteiger partial charge < -0.3 is 15.2 Å². The number of carbonyl (C=O) groups is 2. The summed E-state index contributed by atoms with van der Waals surface area (Å²) in [6.07, 6.45) is 6.97. The summed E-state index contributed by atoms with van der Waals surface area (Å²) < 4.78 is 4.86. The molecule has 4 rings (SSSR count). The number of hydrogen-bond donors (Lipinski definition) is 2. The van der Waals surface area contributed by atoms with Crippen molar-refractivity contribution in [3.63, 3.8) is 0 Å². The van der Waals surface area contributed by atoms with Crippen LogP contribution in [0.5, 0.6) is 0 Å². The molecule has 3 aliphatic rings. The minimum absolute atomic E-state index is 0.0178. The Morgan fingerprint density at radius 1 is 1.26 bits per heavy atom. The number of nitrogens with one attached hydrogen (secondary N) is 1. The van der Waals surface area contributed by atoms with Crippen LogP contribution in [0.3, 0.4) is 0 Å². The summed E-state index contributed by atoms with van der Waals surface area (Å²) in [6, 6.07) is 6.01. The molecule has 1 heterocycles. The number of hydrogen-bond acceptors (Lipinski definition) is 4. The molecule has 2 saturated carbocycles. The summed E-state index contributed by atoms with van der Waals surface area (Å²) in [5, 5.41) is 13.6. The maximum atomic E-state index is 13.3. The predicted molar refractivity (Wildman–Crippen MR) is 137 cm³/mol. The molecule has 0 saturated heterocycles. The zero-order valence-corrected chi connectivity index (χ0v) is 22.3. The summed E-state index contributed by atoms with van der Waals surface area (Å²) in [5.74, 6) is 0.214. The first-order valence-electron chi connectivity index (χ1n) is 12.8. The lowest BCUT2D eigenvalue weighted by Gasteiger charge is -2.50. The Morgan fingerprint density at radius 3 is 2.51 bits per heavy atom. The number of amides is 2. The Hall–Kier alpha value is -2.05. The van der Waals surface area contributed by atoms with E-state index >= 15 is 0 Å². The Morgan fingerprint density at radius 2 is 1.94 bits per heavy atom. The molecule has 0 unspecified atom stereocenters. The van der Waals surface area contributed by atoms with Gasteiger partial charge in [-0.1, -0.05) is 44.5 Å². The van der Waals surface area contributed by atoms with E-state index in [0.717, 1.165) is 47.4 Å². The molecular formula is C28H39ClN2O4. The third-order valence-corrected chi connectivity index (χ3v) is 8.55. The van der Waals surface area contributed by atoms with Crippen LogP contribution in [-0.2, 0) is 21.5 Å². The fourth-order valence-corrected chi connectivity index (χ4v) is 5.87. The average molecular weight is 503 g/mol. The smallest absolute Gasteiger partial charge is 0.322 e. The average Bonchev–Trinajstić information content (AvgIpc) is 2.72. The topological polar surface area (TPSA) is 78.9 Å². The van der Waals surface area contributed by atoms with Crippen LogP contribution in [0, 0.1) is 23.2 Å². The van der Waals surface area contributed by atoms with Gasteiger partial charge in [-0.15, -0.1) is 0 Å². The number of carbonyl (C=O) groups excluding carboxylic acids is 2. The summed E-state index contributed by atoms with van der Waals surface area (Å²) >= 11 is 6.75. The Kier molecular flexibility index (Phi) is 7.27. The first kappa shape index (κ1) is 26.0. The molecule has 7 heteroatoms. The van der Waals surface area contributed by atoms with Crippen molar-refractivity contribution in [1.29, 1.82) is 0 Å². The van der Waals surface area contributed by atoms with Crippen molar-refractivity contribution >= 4 is 23.6 Å². The van der Waals surface area contributed by atoms with Crippen molar-refractivity contribution in [2.24, 2.45) is 23.2 Å². The van der Waals surface area contributed by atoms with Crippen molar-refractivity contribution in [2.45, 2.75) is 77.8 Å². The van der Waals surface area contributed by atoms with E-state index in [1.54, 1.807) is 4.90 Å². The minimum atomic E-state index is -0.684. The molecule has 0 spiro atoms. The monoisotopic (exact) mass is 502 g/mol. The van der Waals surface area contributed by atoms with E-state index in [9.17, 15) is 14.7 Å². The number of urea groups is 1. The number of ether oxygens (including phenoxy) is 1. The molecular weight excluding hydrogens is 464 g/mol. The van der Waals surface area contributed by atoms with Crippen LogP contribution in [0.1, 0.15) is 70.9 Å². The molecule has 2 aliphatic carbocycles. The Bertz CT molecular complexity index is 1000. The van der Waals surface area contributed by atoms with Crippen LogP contribution in [0.2, 0.25) is 5.02 Å². The highest BCUT2D eigenvalue weighted by Gasteiger charge is 2.48. The number of halogens is 1. The van der Waals surface area contributed by atoms with E-state index in [1.165, 1.54) is 7.11 Å². The maximum Gasteiger partial charge on any atom is 0.322 e. The fourth-order valence-electron chi connectivity index (χ4n) is 5.60. The van der Waals surface area contributed by atoms with Crippen molar-refractivity contribution in [2.75, 3.05) is 13.7 Å². The molecule has 192 valence electrons. The molecule has 0 radical (unpaired) electrons. The zero-order valence-electron chi connectivity index (χ0n) is 21.6. The standard InChI is InChI=1S/C28H39ClN2O4/c1-27(2,3)9-8-18-6-7-21(14-24(18)29)28(4)23(19-10-17(11-19)16-32)15-31(26(34)30-28)22-12-20(13-22)25(33)35-5/h6-7,14-15,17,19-20,22,32H,8-13,16H2,1-5H3,(H,30,34)/t17-,19+,20-,22-,28-/m0/s1. The van der Waals surface area contributed by atoms with Gasteiger partial charge >= 0.3 is 12.0 Å². The highest BCUT2D eigenvalue weighted by molar-refractivity contribution is 6.31. The normalized spacial score (nSPS) is 30.7. The molecule has 1 atom stereocenters. The predicted octanol–water partition coefficient (Wildman–Crippen LogP) is 5.41. The van der Waals surface area contributed by atoms with Gasteiger partial charge in [0.15, 0.2) is 0 Å². The molecule has 2 amide bonds. The second-order valence-corrected chi connectivity index (χ2v) is 12.4. The number of rotatable bonds is 7. The minimum Gasteiger partial charge on any atom is -0.469 e. The van der Waals surface area contributed by atoms with E-state index in [1.807, 2.05) is 12.3 Å². The van der Waals surface area contributed by atoms with Gasteiger partial charge in [0.05, 0.1) is 18.6 Å². The van der Waals surface area contributed by atoms with E-state index < -0.39 is 5.54 Å². The van der Waals surface area contributed by atoms with Crippen molar-refractivity contribution in [1.82, 2.24) is 10.2 Å². The number of aryl methyl sites for hydroxylation is 1. The summed E-state index contributed by atoms with van der Waals surface area (Å²) in [5.41, 5.74) is 2.77. The SMILES string of the molecule is COC(=O)[C@H]1C[C@H](N2C=C([C@H]3C[C@@H](CO)C3)[C@](C)(c3ccc(CCC(C)(C)C)c(Cl)c3)NC2=O)C1. The lowest BCUT2D eigenvalue weighted by molar-refractivity contribution is -0.150. The van der Waals surface area contributed by atoms with E-state index in [-0.39, 0.29) is 41.9 Å². The Balaban J connectivity index is 1.61. The van der Waals surface area contributed by atoms with Gasteiger partial charge in [0.25, 0.3) is 0 Å². The Labute approximate surface area is 214 Å². The highest BCUT2D eigenvalue weighted by Crippen LogP contribution is 2.48. The molecule has 2 N–H and O–H groups in total. The highest BCUT2D eigenvalue weighted by atomic mass is 35.5. The number of benzene rings is 1. The third-order valence-electron chi connectivity index (χ3n) is 8.20. The van der Waals surface area contributed by atoms with Crippen LogP contribution >= 0.6 is 11.6 Å². The zero-order chi connectivity index (χ0) is 25.5. The fraction of sp³-hybridized carbons (Fsp3) is 0.643. The number of esters is 1. The largest absolute Gasteiger partial charge is 0.469 e. The lowest BCUT2D eigenvalue weighted by atomic mass is 9.65. The molecule has 2 fully saturated rings. The summed E-state index contributed by atoms with van der Waals surface area (Å²) in [7, 11) is 1.40. The molecule has 1 aromatic carbocycles. The molecule has 6 nitrogen and oxygen atoms in total. The van der Waals surface area contributed by atoms with Gasteiger partial charge in [-0.3, -0.25) is 9.69 Å². The van der Waals surface area contributed by atoms with Crippen molar-refractivity contribution in [3.05, 3.63) is 46.1 Å². The van der Waals surface area contributed by atoms with Gasteiger partial charge in [0.1, 0.15) is 0 Å². The van der Waals surface area contributed by atoms with E-state index in [0.29, 0.717) is 18.8 Å². The molecule has 0 aromatic heterocycles. The van der Waals surface area contributed by atoms with Crippen LogP contribution < -0.4 is 5.32 Å². The first-order valence-corrected chi connectivity index (χ1v) is 13.1. The quantitative estimate of drug-likeness (QED) is 0.488. The van der Waals surface area contributed by atoms with E-state index in [4.69, 9.17) is 16.3 Å².